The standard InChI is InChI=1S/C21H25N3O2/c1-25-18-7-8-20(26-2)17(11-18)14-24-10-4-6-16(13-24)19-12-15-5-3-9-22-21(15)23-19/h3,5,7-9,11-12,16H,4,6,10,13-14H2,1-2H3,(H,22,23)/t16-/m1/s1. The van der Waals surface area contributed by atoms with E-state index in [0.717, 1.165) is 36.8 Å². The van der Waals surface area contributed by atoms with Crippen LogP contribution in [-0.2, 0) is 6.54 Å². The molecule has 136 valence electrons. The molecule has 4 rings (SSSR count). The van der Waals surface area contributed by atoms with E-state index in [9.17, 15) is 0 Å². The molecule has 5 nitrogen and oxygen atoms in total. The highest BCUT2D eigenvalue weighted by Gasteiger charge is 2.23. The lowest BCUT2D eigenvalue weighted by atomic mass is 9.94. The maximum Gasteiger partial charge on any atom is 0.137 e. The van der Waals surface area contributed by atoms with Crippen LogP contribution in [0.2, 0.25) is 0 Å². The Balaban J connectivity index is 1.52. The van der Waals surface area contributed by atoms with Gasteiger partial charge in [-0.15, -0.1) is 0 Å². The molecule has 1 N–H and O–H groups in total. The number of hydrogen-bond acceptors (Lipinski definition) is 4. The quantitative estimate of drug-likeness (QED) is 0.756. The minimum absolute atomic E-state index is 0.509. The zero-order chi connectivity index (χ0) is 17.9. The Labute approximate surface area is 153 Å². The van der Waals surface area contributed by atoms with Gasteiger partial charge in [0.2, 0.25) is 0 Å². The van der Waals surface area contributed by atoms with Gasteiger partial charge >= 0.3 is 0 Å². The van der Waals surface area contributed by atoms with Crippen molar-refractivity contribution < 1.29 is 9.47 Å². The second-order valence-corrected chi connectivity index (χ2v) is 6.92. The lowest BCUT2D eigenvalue weighted by molar-refractivity contribution is 0.196. The van der Waals surface area contributed by atoms with E-state index in [1.54, 1.807) is 14.2 Å². The number of benzene rings is 1. The van der Waals surface area contributed by atoms with Crippen LogP contribution in [0.5, 0.6) is 11.5 Å². The van der Waals surface area contributed by atoms with Crippen LogP contribution in [0.15, 0.2) is 42.6 Å². The molecule has 3 aromatic rings. The molecule has 1 aliphatic rings. The molecule has 5 heteroatoms. The van der Waals surface area contributed by atoms with Gasteiger partial charge in [-0.2, -0.15) is 0 Å². The van der Waals surface area contributed by atoms with Crippen molar-refractivity contribution in [1.29, 1.82) is 0 Å². The van der Waals surface area contributed by atoms with Crippen molar-refractivity contribution in [2.24, 2.45) is 0 Å². The zero-order valence-electron chi connectivity index (χ0n) is 15.4. The SMILES string of the molecule is COc1ccc(OC)c(CN2CCC[C@@H](c3cc4cccnc4[nH]3)C2)c1. The monoisotopic (exact) mass is 351 g/mol. The molecule has 26 heavy (non-hydrogen) atoms. The first-order valence-corrected chi connectivity index (χ1v) is 9.13. The Morgan fingerprint density at radius 2 is 2.12 bits per heavy atom. The number of piperidine rings is 1. The molecular weight excluding hydrogens is 326 g/mol. The number of ether oxygens (including phenoxy) is 2. The number of nitrogens with one attached hydrogen (secondary N) is 1. The van der Waals surface area contributed by atoms with Crippen molar-refractivity contribution in [2.75, 3.05) is 27.3 Å². The number of methoxy groups -OCH3 is 2. The Morgan fingerprint density at radius 1 is 1.19 bits per heavy atom. The summed E-state index contributed by atoms with van der Waals surface area (Å²) in [5.41, 5.74) is 3.45. The Kier molecular flexibility index (Phi) is 4.80. The average Bonchev–Trinajstić information content (AvgIpc) is 3.12. The number of aromatic nitrogens is 2. The summed E-state index contributed by atoms with van der Waals surface area (Å²) in [4.78, 5) is 10.4. The lowest BCUT2D eigenvalue weighted by Crippen LogP contribution is -2.34. The van der Waals surface area contributed by atoms with Crippen molar-refractivity contribution >= 4 is 11.0 Å². The summed E-state index contributed by atoms with van der Waals surface area (Å²) < 4.78 is 10.9. The highest BCUT2D eigenvalue weighted by atomic mass is 16.5. The first-order chi connectivity index (χ1) is 12.8. The number of nitrogens with zero attached hydrogens (tertiary/aromatic N) is 2. The summed E-state index contributed by atoms with van der Waals surface area (Å²) in [6.07, 6.45) is 4.24. The van der Waals surface area contributed by atoms with E-state index in [-0.39, 0.29) is 0 Å². The fourth-order valence-electron chi connectivity index (χ4n) is 3.90. The lowest BCUT2D eigenvalue weighted by Gasteiger charge is -2.32. The third-order valence-corrected chi connectivity index (χ3v) is 5.24. The van der Waals surface area contributed by atoms with Crippen LogP contribution in [0.3, 0.4) is 0 Å². The summed E-state index contributed by atoms with van der Waals surface area (Å²) in [5.74, 6) is 2.30. The molecule has 0 unspecified atom stereocenters. The van der Waals surface area contributed by atoms with Gasteiger partial charge in [0, 0.05) is 41.8 Å². The third-order valence-electron chi connectivity index (χ3n) is 5.24. The predicted octanol–water partition coefficient (Wildman–Crippen LogP) is 3.96. The first kappa shape index (κ1) is 16.9. The van der Waals surface area contributed by atoms with Gasteiger partial charge in [0.15, 0.2) is 0 Å². The van der Waals surface area contributed by atoms with Crippen LogP contribution in [0.25, 0.3) is 11.0 Å². The maximum atomic E-state index is 5.54. The van der Waals surface area contributed by atoms with Gasteiger partial charge in [-0.1, -0.05) is 0 Å². The number of aromatic amines is 1. The van der Waals surface area contributed by atoms with Gasteiger partial charge in [-0.25, -0.2) is 4.98 Å². The van der Waals surface area contributed by atoms with Crippen molar-refractivity contribution in [3.8, 4) is 11.5 Å². The van der Waals surface area contributed by atoms with E-state index in [1.165, 1.54) is 29.5 Å². The summed E-state index contributed by atoms with van der Waals surface area (Å²) in [7, 11) is 3.42. The molecule has 0 bridgehead atoms. The molecule has 0 saturated carbocycles. The molecule has 1 fully saturated rings. The Morgan fingerprint density at radius 3 is 2.92 bits per heavy atom. The number of hydrogen-bond donors (Lipinski definition) is 1. The van der Waals surface area contributed by atoms with Crippen LogP contribution in [0.4, 0.5) is 0 Å². The average molecular weight is 351 g/mol. The van der Waals surface area contributed by atoms with E-state index in [4.69, 9.17) is 9.47 Å². The van der Waals surface area contributed by atoms with Crippen molar-refractivity contribution in [3.05, 3.63) is 53.9 Å². The zero-order valence-corrected chi connectivity index (χ0v) is 15.4. The molecule has 0 aliphatic carbocycles. The minimum atomic E-state index is 0.509. The summed E-state index contributed by atoms with van der Waals surface area (Å²) in [6, 6.07) is 12.4. The van der Waals surface area contributed by atoms with Gasteiger partial charge in [-0.05, 0) is 55.8 Å². The summed E-state index contributed by atoms with van der Waals surface area (Å²) >= 11 is 0. The number of fused-ring (bicyclic) bond motifs is 1. The molecule has 0 amide bonds. The molecule has 1 aliphatic heterocycles. The number of likely N-dealkylation sites (tertiary alicyclic amines) is 1. The van der Waals surface area contributed by atoms with Gasteiger partial charge in [0.25, 0.3) is 0 Å². The van der Waals surface area contributed by atoms with Crippen LogP contribution in [0, 0.1) is 0 Å². The highest BCUT2D eigenvalue weighted by molar-refractivity contribution is 5.76. The molecule has 0 radical (unpaired) electrons. The molecule has 1 atom stereocenters. The smallest absolute Gasteiger partial charge is 0.137 e. The normalized spacial score (nSPS) is 18.2. The summed E-state index contributed by atoms with van der Waals surface area (Å²) in [6.45, 7) is 3.01. The van der Waals surface area contributed by atoms with Gasteiger partial charge in [0.1, 0.15) is 17.1 Å². The second kappa shape index (κ2) is 7.38. The highest BCUT2D eigenvalue weighted by Crippen LogP contribution is 2.31. The topological polar surface area (TPSA) is 50.4 Å². The van der Waals surface area contributed by atoms with Crippen LogP contribution < -0.4 is 9.47 Å². The van der Waals surface area contributed by atoms with Gasteiger partial charge in [0.05, 0.1) is 14.2 Å². The van der Waals surface area contributed by atoms with Crippen LogP contribution >= 0.6 is 0 Å². The van der Waals surface area contributed by atoms with Crippen LogP contribution in [0.1, 0.15) is 30.0 Å². The first-order valence-electron chi connectivity index (χ1n) is 9.13. The van der Waals surface area contributed by atoms with E-state index in [1.807, 2.05) is 24.4 Å². The van der Waals surface area contributed by atoms with Crippen molar-refractivity contribution in [2.45, 2.75) is 25.3 Å². The number of H-pyrrole nitrogens is 1. The molecule has 1 aromatic carbocycles. The fourth-order valence-corrected chi connectivity index (χ4v) is 3.90. The van der Waals surface area contributed by atoms with Gasteiger partial charge in [-0.3, -0.25) is 4.90 Å². The maximum absolute atomic E-state index is 5.54. The van der Waals surface area contributed by atoms with E-state index < -0.39 is 0 Å². The summed E-state index contributed by atoms with van der Waals surface area (Å²) in [5, 5.41) is 1.19. The largest absolute Gasteiger partial charge is 0.497 e. The second-order valence-electron chi connectivity index (χ2n) is 6.92. The number of rotatable bonds is 5. The van der Waals surface area contributed by atoms with Gasteiger partial charge < -0.3 is 14.5 Å². The van der Waals surface area contributed by atoms with E-state index in [0.29, 0.717) is 5.92 Å². The van der Waals surface area contributed by atoms with E-state index >= 15 is 0 Å². The molecule has 2 aromatic heterocycles. The molecule has 3 heterocycles. The molecule has 1 saturated heterocycles. The van der Waals surface area contributed by atoms with Crippen molar-refractivity contribution in [1.82, 2.24) is 14.9 Å². The van der Waals surface area contributed by atoms with Crippen LogP contribution in [-0.4, -0.2) is 42.2 Å². The Hall–Kier alpha value is -2.53. The molecule has 0 spiro atoms. The third kappa shape index (κ3) is 3.40. The van der Waals surface area contributed by atoms with E-state index in [2.05, 4.69) is 33.1 Å². The molecular formula is C21H25N3O2. The predicted molar refractivity (Wildman–Crippen MR) is 103 cm³/mol. The van der Waals surface area contributed by atoms with Crippen molar-refractivity contribution in [3.63, 3.8) is 0 Å². The minimum Gasteiger partial charge on any atom is -0.497 e. The number of pyridine rings is 1. The fraction of sp³-hybridized carbons (Fsp3) is 0.381. The Bertz CT molecular complexity index is 857.